The highest BCUT2D eigenvalue weighted by molar-refractivity contribution is 5.94. The summed E-state index contributed by atoms with van der Waals surface area (Å²) in [6.07, 6.45) is 4.19. The van der Waals surface area contributed by atoms with Crippen molar-refractivity contribution in [2.24, 2.45) is 0 Å². The van der Waals surface area contributed by atoms with Crippen LogP contribution in [0.5, 0.6) is 5.75 Å². The first-order valence-corrected chi connectivity index (χ1v) is 10.6. The maximum Gasteiger partial charge on any atom is 0.296 e. The quantitative estimate of drug-likeness (QED) is 0.601. The van der Waals surface area contributed by atoms with Gasteiger partial charge >= 0.3 is 0 Å². The molecular formula is C22H26N6O4. The highest BCUT2D eigenvalue weighted by Crippen LogP contribution is 2.34. The fourth-order valence-corrected chi connectivity index (χ4v) is 4.05. The van der Waals surface area contributed by atoms with Crippen LogP contribution in [0.2, 0.25) is 0 Å². The van der Waals surface area contributed by atoms with Gasteiger partial charge in [0.25, 0.3) is 11.5 Å². The van der Waals surface area contributed by atoms with Crippen molar-refractivity contribution in [2.45, 2.75) is 52.3 Å². The number of hydrogen-bond acceptors (Lipinski definition) is 7. The smallest absolute Gasteiger partial charge is 0.296 e. The number of carbonyl (C=O) groups excluding carboxylic acids is 1. The number of rotatable bonds is 6. The van der Waals surface area contributed by atoms with Crippen LogP contribution in [0.3, 0.4) is 0 Å². The number of aromatic nitrogens is 5. The minimum atomic E-state index is -0.767. The Morgan fingerprint density at radius 3 is 2.78 bits per heavy atom. The van der Waals surface area contributed by atoms with Crippen LogP contribution in [-0.2, 0) is 23.4 Å². The summed E-state index contributed by atoms with van der Waals surface area (Å²) < 4.78 is 8.99. The van der Waals surface area contributed by atoms with Crippen molar-refractivity contribution in [1.29, 1.82) is 0 Å². The van der Waals surface area contributed by atoms with E-state index in [-0.39, 0.29) is 18.8 Å². The molecule has 1 aliphatic heterocycles. The maximum atomic E-state index is 13.0. The molecule has 4 rings (SSSR count). The van der Waals surface area contributed by atoms with Crippen LogP contribution in [0, 0.1) is 6.92 Å². The van der Waals surface area contributed by atoms with Crippen LogP contribution in [0.15, 0.2) is 35.6 Å². The van der Waals surface area contributed by atoms with Gasteiger partial charge in [-0.3, -0.25) is 14.2 Å². The predicted octanol–water partition coefficient (Wildman–Crippen LogP) is 1.81. The van der Waals surface area contributed by atoms with E-state index in [9.17, 15) is 14.7 Å². The van der Waals surface area contributed by atoms with E-state index in [4.69, 9.17) is 4.74 Å². The molecule has 1 amide bonds. The second-order valence-corrected chi connectivity index (χ2v) is 7.79. The summed E-state index contributed by atoms with van der Waals surface area (Å²) in [5.41, 5.74) is 0.902. The van der Waals surface area contributed by atoms with Crippen molar-refractivity contribution >= 4 is 5.91 Å². The molecule has 2 aromatic heterocycles. The van der Waals surface area contributed by atoms with Gasteiger partial charge in [-0.05, 0) is 37.0 Å². The van der Waals surface area contributed by atoms with E-state index in [0.717, 1.165) is 16.8 Å². The van der Waals surface area contributed by atoms with E-state index in [0.29, 0.717) is 25.3 Å². The van der Waals surface area contributed by atoms with Crippen molar-refractivity contribution < 1.29 is 14.6 Å². The molecule has 1 aromatic carbocycles. The molecule has 32 heavy (non-hydrogen) atoms. The van der Waals surface area contributed by atoms with Gasteiger partial charge in [-0.1, -0.05) is 26.0 Å². The molecule has 0 fully saturated rings. The van der Waals surface area contributed by atoms with Gasteiger partial charge in [0.15, 0.2) is 5.69 Å². The molecule has 168 valence electrons. The number of aromatic hydroxyl groups is 1. The SMILES string of the molecule is CCC1(CC)OCCn2c1nc(C(=O)NCc1ccc(C)cc1-n1cncn1)c(O)c2=O. The number of hydrogen-bond donors (Lipinski definition) is 2. The molecule has 2 N–H and O–H groups in total. The average molecular weight is 438 g/mol. The molecule has 3 aromatic rings. The van der Waals surface area contributed by atoms with Crippen LogP contribution in [0.4, 0.5) is 0 Å². The molecule has 10 nitrogen and oxygen atoms in total. The fourth-order valence-electron chi connectivity index (χ4n) is 4.05. The Kier molecular flexibility index (Phi) is 5.79. The number of amides is 1. The van der Waals surface area contributed by atoms with Crippen LogP contribution in [0.1, 0.15) is 54.1 Å². The van der Waals surface area contributed by atoms with Gasteiger partial charge in [0.05, 0.1) is 18.8 Å². The molecule has 0 unspecified atom stereocenters. The second-order valence-electron chi connectivity index (χ2n) is 7.79. The van der Waals surface area contributed by atoms with E-state index in [1.807, 2.05) is 39.0 Å². The number of nitrogens with zero attached hydrogens (tertiary/aromatic N) is 5. The van der Waals surface area contributed by atoms with Crippen molar-refractivity contribution in [1.82, 2.24) is 29.6 Å². The lowest BCUT2D eigenvalue weighted by atomic mass is 9.94. The fraction of sp³-hybridized carbons (Fsp3) is 0.409. The number of aryl methyl sites for hydroxylation is 1. The third-order valence-electron chi connectivity index (χ3n) is 5.95. The first kappa shape index (κ1) is 21.7. The summed E-state index contributed by atoms with van der Waals surface area (Å²) in [5, 5.41) is 17.4. The van der Waals surface area contributed by atoms with Crippen molar-refractivity contribution in [3.63, 3.8) is 0 Å². The molecule has 10 heteroatoms. The van der Waals surface area contributed by atoms with Crippen LogP contribution < -0.4 is 10.9 Å². The van der Waals surface area contributed by atoms with E-state index in [2.05, 4.69) is 20.4 Å². The zero-order valence-electron chi connectivity index (χ0n) is 18.3. The summed E-state index contributed by atoms with van der Waals surface area (Å²) >= 11 is 0. The molecule has 3 heterocycles. The third kappa shape index (κ3) is 3.66. The normalized spacial score (nSPS) is 14.7. The minimum absolute atomic E-state index is 0.150. The number of benzene rings is 1. The van der Waals surface area contributed by atoms with Crippen molar-refractivity contribution in [3.8, 4) is 11.4 Å². The van der Waals surface area contributed by atoms with E-state index in [1.165, 1.54) is 10.9 Å². The number of nitrogens with one attached hydrogen (secondary N) is 1. The summed E-state index contributed by atoms with van der Waals surface area (Å²) in [6, 6.07) is 5.75. The van der Waals surface area contributed by atoms with E-state index >= 15 is 0 Å². The van der Waals surface area contributed by atoms with Crippen LogP contribution in [0.25, 0.3) is 5.69 Å². The summed E-state index contributed by atoms with van der Waals surface area (Å²) in [5.74, 6) is -0.921. The molecule has 0 aliphatic carbocycles. The summed E-state index contributed by atoms with van der Waals surface area (Å²) in [7, 11) is 0. The molecule has 0 bridgehead atoms. The zero-order valence-corrected chi connectivity index (χ0v) is 18.3. The Morgan fingerprint density at radius 1 is 1.31 bits per heavy atom. The molecule has 0 spiro atoms. The molecule has 1 aliphatic rings. The monoisotopic (exact) mass is 438 g/mol. The van der Waals surface area contributed by atoms with Crippen molar-refractivity contribution in [2.75, 3.05) is 6.61 Å². The highest BCUT2D eigenvalue weighted by Gasteiger charge is 2.39. The molecule has 0 saturated heterocycles. The lowest BCUT2D eigenvalue weighted by Gasteiger charge is -2.37. The van der Waals surface area contributed by atoms with Crippen LogP contribution >= 0.6 is 0 Å². The van der Waals surface area contributed by atoms with Gasteiger partial charge < -0.3 is 15.2 Å². The van der Waals surface area contributed by atoms with Crippen LogP contribution in [-0.4, -0.2) is 41.9 Å². The Morgan fingerprint density at radius 2 is 2.09 bits per heavy atom. The van der Waals surface area contributed by atoms with Gasteiger partial charge in [0.1, 0.15) is 24.1 Å². The zero-order chi connectivity index (χ0) is 22.9. The van der Waals surface area contributed by atoms with Gasteiger partial charge in [-0.15, -0.1) is 0 Å². The van der Waals surface area contributed by atoms with Gasteiger partial charge in [-0.2, -0.15) is 5.10 Å². The Hall–Kier alpha value is -3.53. The summed E-state index contributed by atoms with van der Waals surface area (Å²) in [4.78, 5) is 34.2. The number of ether oxygens (including phenoxy) is 1. The van der Waals surface area contributed by atoms with Gasteiger partial charge in [-0.25, -0.2) is 14.6 Å². The molecule has 0 radical (unpaired) electrons. The first-order chi connectivity index (χ1) is 15.4. The molecule has 0 atom stereocenters. The lowest BCUT2D eigenvalue weighted by molar-refractivity contribution is -0.0890. The Labute approximate surface area is 184 Å². The highest BCUT2D eigenvalue weighted by atomic mass is 16.5. The topological polar surface area (TPSA) is 124 Å². The van der Waals surface area contributed by atoms with E-state index < -0.39 is 22.8 Å². The first-order valence-electron chi connectivity index (χ1n) is 10.6. The Balaban J connectivity index is 1.66. The van der Waals surface area contributed by atoms with E-state index in [1.54, 1.807) is 11.0 Å². The maximum absolute atomic E-state index is 13.0. The third-order valence-corrected chi connectivity index (χ3v) is 5.95. The lowest BCUT2D eigenvalue weighted by Crippen LogP contribution is -2.44. The average Bonchev–Trinajstić information content (AvgIpc) is 3.34. The molecule has 0 saturated carbocycles. The number of carbonyl (C=O) groups is 1. The summed E-state index contributed by atoms with van der Waals surface area (Å²) in [6.45, 7) is 6.63. The minimum Gasteiger partial charge on any atom is -0.501 e. The number of fused-ring (bicyclic) bond motifs is 1. The van der Waals surface area contributed by atoms with Crippen molar-refractivity contribution in [3.05, 3.63) is 63.9 Å². The van der Waals surface area contributed by atoms with Gasteiger partial charge in [0, 0.05) is 6.54 Å². The Bertz CT molecular complexity index is 1200. The standard InChI is InChI=1S/C22H26N6O4/c1-4-22(5-2)21-26-17(18(29)20(31)27(21)8-9-32-22)19(30)24-11-15-7-6-14(3)10-16(15)28-13-23-12-25-28/h6-7,10,12-13,29H,4-5,8-9,11H2,1-3H3,(H,24,30). The second kappa shape index (κ2) is 8.54. The predicted molar refractivity (Wildman–Crippen MR) is 116 cm³/mol. The largest absolute Gasteiger partial charge is 0.501 e. The molecular weight excluding hydrogens is 412 g/mol. The van der Waals surface area contributed by atoms with Gasteiger partial charge in [0.2, 0.25) is 5.75 Å².